The molecule has 25 heavy (non-hydrogen) atoms. The maximum absolute atomic E-state index is 12.6. The third-order valence-corrected chi connectivity index (χ3v) is 3.31. The summed E-state index contributed by atoms with van der Waals surface area (Å²) in [5, 5.41) is 2.45. The van der Waals surface area contributed by atoms with E-state index < -0.39 is 17.6 Å². The van der Waals surface area contributed by atoms with E-state index in [2.05, 4.69) is 17.2 Å². The molecule has 2 rings (SSSR count). The van der Waals surface area contributed by atoms with Gasteiger partial charge in [-0.15, -0.1) is 0 Å². The van der Waals surface area contributed by atoms with Crippen LogP contribution in [-0.4, -0.2) is 19.1 Å². The van der Waals surface area contributed by atoms with E-state index >= 15 is 0 Å². The molecule has 1 N–H and O–H groups in total. The number of amides is 1. The van der Waals surface area contributed by atoms with Gasteiger partial charge in [-0.1, -0.05) is 36.1 Å². The number of para-hydroxylation sites is 1. The normalized spacial score (nSPS) is 10.6. The molecule has 0 aliphatic heterocycles. The standard InChI is InChI=1S/C19H16F3NO2/c1-14-7-2-3-10-17(14)25-12-5-4-11-23-18(24)15-8-6-9-16(13-15)19(20,21)22/h2-3,6-10,13H,11-12H2,1H3,(H,23,24). The molecule has 0 heterocycles. The Morgan fingerprint density at radius 1 is 1.12 bits per heavy atom. The largest absolute Gasteiger partial charge is 0.481 e. The van der Waals surface area contributed by atoms with E-state index in [0.717, 1.165) is 23.4 Å². The average Bonchev–Trinajstić information content (AvgIpc) is 2.58. The van der Waals surface area contributed by atoms with E-state index in [1.807, 2.05) is 31.2 Å². The molecule has 0 fully saturated rings. The summed E-state index contributed by atoms with van der Waals surface area (Å²) in [6, 6.07) is 11.7. The first kappa shape index (κ1) is 18.4. The lowest BCUT2D eigenvalue weighted by molar-refractivity contribution is -0.137. The molecule has 130 valence electrons. The summed E-state index contributed by atoms with van der Waals surface area (Å²) in [4.78, 5) is 11.8. The van der Waals surface area contributed by atoms with Gasteiger partial charge < -0.3 is 10.1 Å². The van der Waals surface area contributed by atoms with E-state index in [4.69, 9.17) is 4.74 Å². The molecule has 0 aromatic heterocycles. The Labute approximate surface area is 143 Å². The second-order valence-electron chi connectivity index (χ2n) is 5.17. The van der Waals surface area contributed by atoms with Gasteiger partial charge in [0.25, 0.3) is 5.91 Å². The second-order valence-corrected chi connectivity index (χ2v) is 5.17. The van der Waals surface area contributed by atoms with Gasteiger partial charge in [0, 0.05) is 5.56 Å². The van der Waals surface area contributed by atoms with Crippen LogP contribution < -0.4 is 10.1 Å². The van der Waals surface area contributed by atoms with Crippen molar-refractivity contribution in [1.29, 1.82) is 0 Å². The number of carbonyl (C=O) groups excluding carboxylic acids is 1. The highest BCUT2D eigenvalue weighted by Crippen LogP contribution is 2.29. The fourth-order valence-electron chi connectivity index (χ4n) is 2.01. The minimum absolute atomic E-state index is 0.0201. The Morgan fingerprint density at radius 3 is 2.60 bits per heavy atom. The predicted molar refractivity (Wildman–Crippen MR) is 88.2 cm³/mol. The lowest BCUT2D eigenvalue weighted by Gasteiger charge is -2.08. The second kappa shape index (κ2) is 8.25. The number of halogens is 3. The molecule has 6 heteroatoms. The van der Waals surface area contributed by atoms with Crippen LogP contribution >= 0.6 is 0 Å². The molecular formula is C19H16F3NO2. The van der Waals surface area contributed by atoms with Crippen molar-refractivity contribution in [2.75, 3.05) is 13.2 Å². The highest BCUT2D eigenvalue weighted by molar-refractivity contribution is 5.94. The van der Waals surface area contributed by atoms with Crippen LogP contribution in [-0.2, 0) is 6.18 Å². The van der Waals surface area contributed by atoms with Gasteiger partial charge in [0.15, 0.2) is 0 Å². The summed E-state index contributed by atoms with van der Waals surface area (Å²) < 4.78 is 43.3. The van der Waals surface area contributed by atoms with Crippen molar-refractivity contribution in [2.45, 2.75) is 13.1 Å². The zero-order chi connectivity index (χ0) is 18.3. The molecule has 0 aliphatic carbocycles. The maximum atomic E-state index is 12.6. The Balaban J connectivity index is 1.82. The first-order valence-corrected chi connectivity index (χ1v) is 7.47. The third-order valence-electron chi connectivity index (χ3n) is 3.31. The Hall–Kier alpha value is -2.94. The molecule has 1 amide bonds. The molecule has 2 aromatic carbocycles. The fraction of sp³-hybridized carbons (Fsp3) is 0.211. The number of carbonyl (C=O) groups is 1. The monoisotopic (exact) mass is 347 g/mol. The predicted octanol–water partition coefficient (Wildman–Crippen LogP) is 3.83. The minimum Gasteiger partial charge on any atom is -0.481 e. The number of nitrogens with one attached hydrogen (secondary N) is 1. The SMILES string of the molecule is Cc1ccccc1OCC#CCNC(=O)c1cccc(C(F)(F)F)c1. The van der Waals surface area contributed by atoms with E-state index in [1.165, 1.54) is 12.1 Å². The summed E-state index contributed by atoms with van der Waals surface area (Å²) in [6.45, 7) is 2.09. The number of alkyl halides is 3. The van der Waals surface area contributed by atoms with Crippen LogP contribution in [0.4, 0.5) is 13.2 Å². The number of aryl methyl sites for hydroxylation is 1. The van der Waals surface area contributed by atoms with E-state index in [0.29, 0.717) is 0 Å². The van der Waals surface area contributed by atoms with Gasteiger partial charge in [-0.25, -0.2) is 0 Å². The van der Waals surface area contributed by atoms with Gasteiger partial charge in [-0.05, 0) is 36.8 Å². The molecule has 0 radical (unpaired) electrons. The highest BCUT2D eigenvalue weighted by atomic mass is 19.4. The molecule has 0 bridgehead atoms. The topological polar surface area (TPSA) is 38.3 Å². The maximum Gasteiger partial charge on any atom is 0.416 e. The van der Waals surface area contributed by atoms with Gasteiger partial charge in [-0.2, -0.15) is 13.2 Å². The zero-order valence-electron chi connectivity index (χ0n) is 13.5. The number of hydrogen-bond acceptors (Lipinski definition) is 2. The zero-order valence-corrected chi connectivity index (χ0v) is 13.5. The highest BCUT2D eigenvalue weighted by Gasteiger charge is 2.30. The molecule has 2 aromatic rings. The van der Waals surface area contributed by atoms with Gasteiger partial charge in [0.1, 0.15) is 12.4 Å². The molecule has 0 saturated carbocycles. The first-order valence-electron chi connectivity index (χ1n) is 7.47. The Morgan fingerprint density at radius 2 is 1.88 bits per heavy atom. The van der Waals surface area contributed by atoms with Gasteiger partial charge in [0.2, 0.25) is 0 Å². The molecule has 0 spiro atoms. The van der Waals surface area contributed by atoms with Crippen molar-refractivity contribution in [1.82, 2.24) is 5.32 Å². The Kier molecular flexibility index (Phi) is 6.07. The fourth-order valence-corrected chi connectivity index (χ4v) is 2.01. The smallest absolute Gasteiger partial charge is 0.416 e. The molecule has 0 aliphatic rings. The molecule has 0 unspecified atom stereocenters. The summed E-state index contributed by atoms with van der Waals surface area (Å²) in [6.07, 6.45) is -4.48. The molecule has 0 saturated heterocycles. The summed E-state index contributed by atoms with van der Waals surface area (Å²) in [5.41, 5.74) is 0.0628. The third kappa shape index (κ3) is 5.57. The summed E-state index contributed by atoms with van der Waals surface area (Å²) >= 11 is 0. The molecule has 0 atom stereocenters. The van der Waals surface area contributed by atoms with Crippen LogP contribution in [0.5, 0.6) is 5.75 Å². The van der Waals surface area contributed by atoms with Crippen molar-refractivity contribution < 1.29 is 22.7 Å². The number of hydrogen-bond donors (Lipinski definition) is 1. The van der Waals surface area contributed by atoms with Crippen LogP contribution in [0, 0.1) is 18.8 Å². The van der Waals surface area contributed by atoms with E-state index in [1.54, 1.807) is 0 Å². The number of rotatable bonds is 4. The lowest BCUT2D eigenvalue weighted by Crippen LogP contribution is -2.24. The summed E-state index contributed by atoms with van der Waals surface area (Å²) in [7, 11) is 0. The van der Waals surface area contributed by atoms with Crippen LogP contribution in [0.2, 0.25) is 0 Å². The number of benzene rings is 2. The van der Waals surface area contributed by atoms with Crippen molar-refractivity contribution in [2.24, 2.45) is 0 Å². The van der Waals surface area contributed by atoms with Crippen LogP contribution in [0.25, 0.3) is 0 Å². The van der Waals surface area contributed by atoms with Gasteiger partial charge in [-0.3, -0.25) is 4.79 Å². The summed E-state index contributed by atoms with van der Waals surface area (Å²) in [5.74, 6) is 5.54. The molecular weight excluding hydrogens is 331 g/mol. The average molecular weight is 347 g/mol. The van der Waals surface area contributed by atoms with Crippen molar-refractivity contribution in [3.8, 4) is 17.6 Å². The quantitative estimate of drug-likeness (QED) is 0.854. The van der Waals surface area contributed by atoms with Crippen molar-refractivity contribution in [3.05, 3.63) is 65.2 Å². The first-order chi connectivity index (χ1) is 11.9. The van der Waals surface area contributed by atoms with Crippen LogP contribution in [0.1, 0.15) is 21.5 Å². The van der Waals surface area contributed by atoms with Crippen molar-refractivity contribution in [3.63, 3.8) is 0 Å². The van der Waals surface area contributed by atoms with E-state index in [-0.39, 0.29) is 18.7 Å². The van der Waals surface area contributed by atoms with Crippen molar-refractivity contribution >= 4 is 5.91 Å². The van der Waals surface area contributed by atoms with E-state index in [9.17, 15) is 18.0 Å². The van der Waals surface area contributed by atoms with Crippen LogP contribution in [0.3, 0.4) is 0 Å². The van der Waals surface area contributed by atoms with Crippen LogP contribution in [0.15, 0.2) is 48.5 Å². The van der Waals surface area contributed by atoms with Gasteiger partial charge in [0.05, 0.1) is 12.1 Å². The lowest BCUT2D eigenvalue weighted by atomic mass is 10.1. The van der Waals surface area contributed by atoms with Gasteiger partial charge >= 0.3 is 6.18 Å². The molecule has 3 nitrogen and oxygen atoms in total. The Bertz CT molecular complexity index is 804. The minimum atomic E-state index is -4.48. The number of ether oxygens (including phenoxy) is 1.